The molecular weight excluding hydrogens is 373 g/mol. The summed E-state index contributed by atoms with van der Waals surface area (Å²) in [5.41, 5.74) is 6.88. The highest BCUT2D eigenvalue weighted by atomic mass is 19.4. The average Bonchev–Trinajstić information content (AvgIpc) is 2.56. The van der Waals surface area contributed by atoms with Crippen LogP contribution in [0.1, 0.15) is 42.4 Å². The summed E-state index contributed by atoms with van der Waals surface area (Å²) >= 11 is 0. The third-order valence-electron chi connectivity index (χ3n) is 2.76. The zero-order valence-corrected chi connectivity index (χ0v) is 16.3. The number of amides is 1. The topological polar surface area (TPSA) is 90.1 Å². The van der Waals surface area contributed by atoms with E-state index in [4.69, 9.17) is 5.73 Å². The summed E-state index contributed by atoms with van der Waals surface area (Å²) in [4.78, 5) is 19.7. The molecule has 0 fully saturated rings. The first-order chi connectivity index (χ1) is 12.8. The van der Waals surface area contributed by atoms with Gasteiger partial charge in [0.1, 0.15) is 0 Å². The Bertz CT molecular complexity index is 754. The van der Waals surface area contributed by atoms with Gasteiger partial charge in [0.15, 0.2) is 6.61 Å². The number of alkyl halides is 3. The molecule has 2 aromatic heterocycles. The fraction of sp³-hybridized carbons (Fsp3) is 0.421. The molecular formula is C19H25F3N4O2. The molecule has 1 amide bonds. The molecule has 0 aromatic carbocycles. The number of nitrogens with one attached hydrogen (secondary N) is 1. The van der Waals surface area contributed by atoms with Crippen molar-refractivity contribution in [2.75, 3.05) is 6.61 Å². The van der Waals surface area contributed by atoms with Gasteiger partial charge in [-0.2, -0.15) is 13.2 Å². The van der Waals surface area contributed by atoms with Crippen LogP contribution in [-0.2, 0) is 6.54 Å². The van der Waals surface area contributed by atoms with E-state index in [0.717, 1.165) is 0 Å². The highest BCUT2D eigenvalue weighted by molar-refractivity contribution is 5.93. The van der Waals surface area contributed by atoms with Crippen LogP contribution in [0.2, 0.25) is 0 Å². The van der Waals surface area contributed by atoms with Crippen molar-refractivity contribution in [2.24, 2.45) is 5.73 Å². The van der Waals surface area contributed by atoms with Crippen molar-refractivity contribution in [2.45, 2.75) is 46.0 Å². The molecule has 0 atom stereocenters. The summed E-state index contributed by atoms with van der Waals surface area (Å²) in [6.07, 6.45) is -1.45. The molecule has 0 aliphatic rings. The molecule has 3 N–H and O–H groups in total. The second kappa shape index (κ2) is 10.0. The Hall–Kier alpha value is -2.68. The molecule has 0 saturated carbocycles. The minimum absolute atomic E-state index is 0. The summed E-state index contributed by atoms with van der Waals surface area (Å²) < 4.78 is 41.1. The number of aryl methyl sites for hydroxylation is 1. The molecule has 0 bridgehead atoms. The molecule has 0 spiro atoms. The first-order valence-electron chi connectivity index (χ1n) is 8.48. The van der Waals surface area contributed by atoms with E-state index in [-0.39, 0.29) is 23.9 Å². The van der Waals surface area contributed by atoms with E-state index in [9.17, 15) is 18.0 Å². The number of nitrogens with two attached hydrogens (primary N) is 1. The number of carbonyl (C=O) groups is 1. The van der Waals surface area contributed by atoms with Gasteiger partial charge in [-0.1, -0.05) is 0 Å². The third-order valence-corrected chi connectivity index (χ3v) is 2.76. The molecule has 9 heteroatoms. The first-order valence-corrected chi connectivity index (χ1v) is 8.48. The number of aromatic nitrogens is 2. The van der Waals surface area contributed by atoms with Crippen molar-refractivity contribution >= 4 is 5.91 Å². The van der Waals surface area contributed by atoms with Crippen LogP contribution in [-0.4, -0.2) is 34.2 Å². The Morgan fingerprint density at radius 3 is 2.29 bits per heavy atom. The van der Waals surface area contributed by atoms with E-state index in [1.807, 2.05) is 20.8 Å². The Morgan fingerprint density at radius 2 is 1.75 bits per heavy atom. The summed E-state index contributed by atoms with van der Waals surface area (Å²) in [5, 5.41) is 2.64. The molecule has 2 rings (SSSR count). The maximum absolute atomic E-state index is 12.2. The van der Waals surface area contributed by atoms with Gasteiger partial charge in [0, 0.05) is 29.6 Å². The van der Waals surface area contributed by atoms with Crippen LogP contribution in [0.25, 0.3) is 0 Å². The Morgan fingerprint density at radius 1 is 1.18 bits per heavy atom. The van der Waals surface area contributed by atoms with Crippen LogP contribution in [0.15, 0.2) is 36.7 Å². The molecule has 2 heterocycles. The third kappa shape index (κ3) is 11.1. The molecule has 0 aliphatic heterocycles. The second-order valence-corrected chi connectivity index (χ2v) is 7.16. The Balaban J connectivity index is 0.000000696. The van der Waals surface area contributed by atoms with Gasteiger partial charge in [-0.15, -0.1) is 0 Å². The SMILES string of the molecule is CC(C)(C)N.Cc1cc(CNC(=O)c2ccncc2)nc(OCC(F)(F)F)c1. The van der Waals surface area contributed by atoms with E-state index in [0.29, 0.717) is 16.8 Å². The number of rotatable bonds is 5. The van der Waals surface area contributed by atoms with Crippen molar-refractivity contribution in [1.29, 1.82) is 0 Å². The number of nitrogens with zero attached hydrogens (tertiary/aromatic N) is 2. The standard InChI is InChI=1S/C15H14F3N3O2.C4H11N/c1-10-6-12(21-13(7-10)23-9-15(16,17)18)8-20-14(22)11-2-4-19-5-3-11;1-4(2,3)5/h2-7H,8-9H2,1H3,(H,20,22);5H2,1-3H3. The maximum Gasteiger partial charge on any atom is 0.422 e. The minimum atomic E-state index is -4.43. The lowest BCUT2D eigenvalue weighted by Crippen LogP contribution is -2.26. The summed E-state index contributed by atoms with van der Waals surface area (Å²) in [7, 11) is 0. The van der Waals surface area contributed by atoms with E-state index in [2.05, 4.69) is 20.0 Å². The smallest absolute Gasteiger partial charge is 0.422 e. The maximum atomic E-state index is 12.2. The lowest BCUT2D eigenvalue weighted by atomic mass is 10.1. The van der Waals surface area contributed by atoms with Gasteiger partial charge < -0.3 is 15.8 Å². The predicted octanol–water partition coefficient (Wildman–Crippen LogP) is 3.40. The normalized spacial score (nSPS) is 11.3. The van der Waals surface area contributed by atoms with Crippen molar-refractivity contribution in [3.8, 4) is 5.88 Å². The van der Waals surface area contributed by atoms with Crippen LogP contribution in [0.3, 0.4) is 0 Å². The fourth-order valence-corrected chi connectivity index (χ4v) is 1.80. The fourth-order valence-electron chi connectivity index (χ4n) is 1.80. The van der Waals surface area contributed by atoms with Gasteiger partial charge in [0.2, 0.25) is 5.88 Å². The predicted molar refractivity (Wildman–Crippen MR) is 99.9 cm³/mol. The number of hydrogen-bond acceptors (Lipinski definition) is 5. The first kappa shape index (κ1) is 23.4. The van der Waals surface area contributed by atoms with Crippen molar-refractivity contribution in [3.63, 3.8) is 0 Å². The van der Waals surface area contributed by atoms with Crippen LogP contribution in [0.5, 0.6) is 5.88 Å². The van der Waals surface area contributed by atoms with Crippen LogP contribution >= 0.6 is 0 Å². The van der Waals surface area contributed by atoms with Gasteiger partial charge in [-0.05, 0) is 51.5 Å². The van der Waals surface area contributed by atoms with Gasteiger partial charge in [0.25, 0.3) is 5.91 Å². The van der Waals surface area contributed by atoms with Crippen molar-refractivity contribution < 1.29 is 22.7 Å². The quantitative estimate of drug-likeness (QED) is 0.806. The molecule has 0 unspecified atom stereocenters. The highest BCUT2D eigenvalue weighted by Crippen LogP contribution is 2.18. The van der Waals surface area contributed by atoms with E-state index < -0.39 is 12.8 Å². The van der Waals surface area contributed by atoms with Crippen molar-refractivity contribution in [1.82, 2.24) is 15.3 Å². The monoisotopic (exact) mass is 398 g/mol. The number of carbonyl (C=O) groups excluding carboxylic acids is 1. The van der Waals surface area contributed by atoms with Gasteiger partial charge >= 0.3 is 6.18 Å². The molecule has 154 valence electrons. The minimum Gasteiger partial charge on any atom is -0.468 e. The van der Waals surface area contributed by atoms with Gasteiger partial charge in [-0.25, -0.2) is 4.98 Å². The Kier molecular flexibility index (Phi) is 8.36. The largest absolute Gasteiger partial charge is 0.468 e. The number of ether oxygens (including phenoxy) is 1. The molecule has 0 radical (unpaired) electrons. The van der Waals surface area contributed by atoms with Crippen LogP contribution in [0.4, 0.5) is 13.2 Å². The van der Waals surface area contributed by atoms with E-state index in [1.165, 1.54) is 18.5 Å². The number of hydrogen-bond donors (Lipinski definition) is 2. The second-order valence-electron chi connectivity index (χ2n) is 7.16. The number of pyridine rings is 2. The van der Waals surface area contributed by atoms with Crippen molar-refractivity contribution in [3.05, 3.63) is 53.5 Å². The zero-order chi connectivity index (χ0) is 21.4. The van der Waals surface area contributed by atoms with Crippen LogP contribution < -0.4 is 15.8 Å². The molecule has 2 aromatic rings. The average molecular weight is 398 g/mol. The van der Waals surface area contributed by atoms with Gasteiger partial charge in [-0.3, -0.25) is 9.78 Å². The van der Waals surface area contributed by atoms with E-state index >= 15 is 0 Å². The Labute approximate surface area is 162 Å². The summed E-state index contributed by atoms with van der Waals surface area (Å²) in [6.45, 7) is 6.26. The molecule has 28 heavy (non-hydrogen) atoms. The lowest BCUT2D eigenvalue weighted by Gasteiger charge is -2.11. The highest BCUT2D eigenvalue weighted by Gasteiger charge is 2.28. The van der Waals surface area contributed by atoms with E-state index in [1.54, 1.807) is 25.1 Å². The molecule has 0 aliphatic carbocycles. The number of halogens is 3. The summed E-state index contributed by atoms with van der Waals surface area (Å²) in [6, 6.07) is 6.17. The van der Waals surface area contributed by atoms with Gasteiger partial charge in [0.05, 0.1) is 12.2 Å². The molecule has 0 saturated heterocycles. The molecule has 6 nitrogen and oxygen atoms in total. The van der Waals surface area contributed by atoms with Crippen LogP contribution in [0, 0.1) is 6.92 Å². The zero-order valence-electron chi connectivity index (χ0n) is 16.3. The lowest BCUT2D eigenvalue weighted by molar-refractivity contribution is -0.154. The summed E-state index contributed by atoms with van der Waals surface area (Å²) in [5.74, 6) is -0.455.